The van der Waals surface area contributed by atoms with Crippen LogP contribution in [0.15, 0.2) is 54.6 Å². The number of benzene rings is 2. The molecule has 0 saturated carbocycles. The van der Waals surface area contributed by atoms with Crippen LogP contribution in [0.1, 0.15) is 41.3 Å². The topological polar surface area (TPSA) is 66.4 Å². The van der Waals surface area contributed by atoms with E-state index in [-0.39, 0.29) is 18.4 Å². The van der Waals surface area contributed by atoms with E-state index in [0.717, 1.165) is 18.4 Å². The lowest BCUT2D eigenvalue weighted by molar-refractivity contribution is -0.137. The molecule has 1 unspecified atom stereocenters. The van der Waals surface area contributed by atoms with Crippen LogP contribution in [0.3, 0.4) is 0 Å². The van der Waals surface area contributed by atoms with E-state index >= 15 is 0 Å². The van der Waals surface area contributed by atoms with Crippen LogP contribution in [-0.4, -0.2) is 23.0 Å². The Morgan fingerprint density at radius 3 is 2.38 bits per heavy atom. The van der Waals surface area contributed by atoms with Crippen LogP contribution in [-0.2, 0) is 17.6 Å². The number of aryl methyl sites for hydroxylation is 2. The van der Waals surface area contributed by atoms with Gasteiger partial charge in [0.15, 0.2) is 0 Å². The summed E-state index contributed by atoms with van der Waals surface area (Å²) < 4.78 is 0. The Hall–Kier alpha value is -2.62. The molecular weight excluding hydrogens is 302 g/mol. The minimum atomic E-state index is -0.848. The molecule has 0 saturated heterocycles. The van der Waals surface area contributed by atoms with Crippen LogP contribution < -0.4 is 5.32 Å². The van der Waals surface area contributed by atoms with Crippen LogP contribution in [0.2, 0.25) is 0 Å². The first-order valence-electron chi connectivity index (χ1n) is 8.20. The molecule has 0 bridgehead atoms. The summed E-state index contributed by atoms with van der Waals surface area (Å²) in [4.78, 5) is 23.1. The van der Waals surface area contributed by atoms with E-state index in [9.17, 15) is 9.59 Å². The van der Waals surface area contributed by atoms with Gasteiger partial charge < -0.3 is 10.4 Å². The van der Waals surface area contributed by atoms with Crippen molar-refractivity contribution in [2.24, 2.45) is 0 Å². The van der Waals surface area contributed by atoms with Crippen LogP contribution in [0.5, 0.6) is 0 Å². The third-order valence-electron chi connectivity index (χ3n) is 3.96. The van der Waals surface area contributed by atoms with Crippen molar-refractivity contribution in [2.75, 3.05) is 0 Å². The zero-order chi connectivity index (χ0) is 17.4. The number of carboxylic acids is 1. The summed E-state index contributed by atoms with van der Waals surface area (Å²) in [5.74, 6) is -0.990. The van der Waals surface area contributed by atoms with Gasteiger partial charge >= 0.3 is 5.97 Å². The van der Waals surface area contributed by atoms with Crippen molar-refractivity contribution in [3.8, 4) is 0 Å². The molecule has 0 aliphatic carbocycles. The highest BCUT2D eigenvalue weighted by Gasteiger charge is 2.14. The second-order valence-corrected chi connectivity index (χ2v) is 5.95. The molecule has 2 aromatic rings. The highest BCUT2D eigenvalue weighted by molar-refractivity contribution is 5.95. The maximum absolute atomic E-state index is 12.5. The van der Waals surface area contributed by atoms with Gasteiger partial charge in [-0.1, -0.05) is 48.5 Å². The van der Waals surface area contributed by atoms with Crippen molar-refractivity contribution >= 4 is 11.9 Å². The largest absolute Gasteiger partial charge is 0.481 e. The van der Waals surface area contributed by atoms with E-state index in [1.54, 1.807) is 0 Å². The maximum Gasteiger partial charge on any atom is 0.303 e. The Morgan fingerprint density at radius 2 is 1.67 bits per heavy atom. The first kappa shape index (κ1) is 17.7. The Morgan fingerprint density at radius 1 is 1.00 bits per heavy atom. The van der Waals surface area contributed by atoms with E-state index in [0.29, 0.717) is 12.0 Å². The highest BCUT2D eigenvalue weighted by Crippen LogP contribution is 2.13. The molecule has 24 heavy (non-hydrogen) atoms. The predicted molar refractivity (Wildman–Crippen MR) is 94.1 cm³/mol. The number of hydrogen-bond acceptors (Lipinski definition) is 2. The minimum absolute atomic E-state index is 0.0527. The van der Waals surface area contributed by atoms with E-state index in [2.05, 4.69) is 17.4 Å². The number of aliphatic carboxylic acids is 1. The van der Waals surface area contributed by atoms with Gasteiger partial charge in [0.25, 0.3) is 5.91 Å². The molecule has 1 amide bonds. The number of carbonyl (C=O) groups excluding carboxylic acids is 1. The number of amides is 1. The lowest BCUT2D eigenvalue weighted by Gasteiger charge is -2.15. The van der Waals surface area contributed by atoms with Crippen molar-refractivity contribution in [2.45, 2.75) is 38.6 Å². The van der Waals surface area contributed by atoms with Crippen molar-refractivity contribution in [3.05, 3.63) is 71.3 Å². The van der Waals surface area contributed by atoms with Gasteiger partial charge in [-0.3, -0.25) is 9.59 Å². The van der Waals surface area contributed by atoms with E-state index in [1.807, 2.05) is 49.4 Å². The molecule has 2 rings (SSSR count). The lowest BCUT2D eigenvalue weighted by Crippen LogP contribution is -2.33. The summed E-state index contributed by atoms with van der Waals surface area (Å²) in [6.45, 7) is 1.83. The number of nitrogens with one attached hydrogen (secondary N) is 1. The van der Waals surface area contributed by atoms with E-state index in [1.165, 1.54) is 5.56 Å². The second kappa shape index (κ2) is 8.87. The average Bonchev–Trinajstić information content (AvgIpc) is 2.59. The molecule has 0 aliphatic heterocycles. The predicted octanol–water partition coefficient (Wildman–Crippen LogP) is 3.45. The van der Waals surface area contributed by atoms with Gasteiger partial charge in [-0.15, -0.1) is 0 Å². The quantitative estimate of drug-likeness (QED) is 0.781. The molecule has 0 heterocycles. The van der Waals surface area contributed by atoms with Gasteiger partial charge in [0.05, 0.1) is 0 Å². The minimum Gasteiger partial charge on any atom is -0.481 e. The van der Waals surface area contributed by atoms with Crippen molar-refractivity contribution < 1.29 is 14.7 Å². The third kappa shape index (κ3) is 5.54. The summed E-state index contributed by atoms with van der Waals surface area (Å²) in [5.41, 5.74) is 2.91. The SMILES string of the molecule is CC(CCC(=O)O)NC(=O)c1ccccc1CCc1ccccc1. The monoisotopic (exact) mass is 325 g/mol. The van der Waals surface area contributed by atoms with Crippen LogP contribution in [0, 0.1) is 0 Å². The Balaban J connectivity index is 1.99. The fourth-order valence-electron chi connectivity index (χ4n) is 2.60. The Labute approximate surface area is 142 Å². The van der Waals surface area contributed by atoms with Crippen LogP contribution >= 0.6 is 0 Å². The van der Waals surface area contributed by atoms with Crippen molar-refractivity contribution in [3.63, 3.8) is 0 Å². The van der Waals surface area contributed by atoms with Gasteiger partial charge in [-0.05, 0) is 43.4 Å². The average molecular weight is 325 g/mol. The van der Waals surface area contributed by atoms with E-state index in [4.69, 9.17) is 5.11 Å². The molecule has 0 aromatic heterocycles. The highest BCUT2D eigenvalue weighted by atomic mass is 16.4. The molecule has 1 atom stereocenters. The smallest absolute Gasteiger partial charge is 0.303 e. The zero-order valence-electron chi connectivity index (χ0n) is 13.9. The first-order chi connectivity index (χ1) is 11.6. The van der Waals surface area contributed by atoms with Gasteiger partial charge in [0.2, 0.25) is 0 Å². The molecule has 4 nitrogen and oxygen atoms in total. The zero-order valence-corrected chi connectivity index (χ0v) is 13.9. The number of rotatable bonds is 8. The number of hydrogen-bond donors (Lipinski definition) is 2. The van der Waals surface area contributed by atoms with Crippen molar-refractivity contribution in [1.82, 2.24) is 5.32 Å². The summed E-state index contributed by atoms with van der Waals surface area (Å²) in [5, 5.41) is 11.6. The van der Waals surface area contributed by atoms with Crippen LogP contribution in [0.25, 0.3) is 0 Å². The normalized spacial score (nSPS) is 11.7. The van der Waals surface area contributed by atoms with Gasteiger partial charge in [0.1, 0.15) is 0 Å². The summed E-state index contributed by atoms with van der Waals surface area (Å²) in [6, 6.07) is 17.6. The molecule has 0 aliphatic rings. The number of carbonyl (C=O) groups is 2. The Kier molecular flexibility index (Phi) is 6.55. The molecular formula is C20H23NO3. The molecule has 2 N–H and O–H groups in total. The van der Waals surface area contributed by atoms with Crippen LogP contribution in [0.4, 0.5) is 0 Å². The Bertz CT molecular complexity index is 682. The van der Waals surface area contributed by atoms with E-state index < -0.39 is 5.97 Å². The fourth-order valence-corrected chi connectivity index (χ4v) is 2.60. The summed E-state index contributed by atoms with van der Waals surface area (Å²) in [6.07, 6.45) is 2.14. The fraction of sp³-hybridized carbons (Fsp3) is 0.300. The second-order valence-electron chi connectivity index (χ2n) is 5.95. The van der Waals surface area contributed by atoms with Gasteiger partial charge in [-0.2, -0.15) is 0 Å². The first-order valence-corrected chi connectivity index (χ1v) is 8.20. The molecule has 126 valence electrons. The summed E-state index contributed by atoms with van der Waals surface area (Å²) >= 11 is 0. The molecule has 0 radical (unpaired) electrons. The standard InChI is InChI=1S/C20H23NO3/c1-15(11-14-19(22)23)21-20(24)18-10-6-5-9-17(18)13-12-16-7-3-2-4-8-16/h2-10,15H,11-14H2,1H3,(H,21,24)(H,22,23). The third-order valence-corrected chi connectivity index (χ3v) is 3.96. The number of carboxylic acid groups (broad SMARTS) is 1. The lowest BCUT2D eigenvalue weighted by atomic mass is 9.99. The molecule has 0 fully saturated rings. The molecule has 2 aromatic carbocycles. The molecule has 0 spiro atoms. The van der Waals surface area contributed by atoms with Gasteiger partial charge in [-0.25, -0.2) is 0 Å². The summed E-state index contributed by atoms with van der Waals surface area (Å²) in [7, 11) is 0. The molecule has 4 heteroatoms. The van der Waals surface area contributed by atoms with Crippen molar-refractivity contribution in [1.29, 1.82) is 0 Å². The maximum atomic E-state index is 12.5. The van der Waals surface area contributed by atoms with Gasteiger partial charge in [0, 0.05) is 18.0 Å².